The van der Waals surface area contributed by atoms with Gasteiger partial charge < -0.3 is 0 Å². The molecule has 0 aliphatic rings. The number of rotatable bonds is 2. The zero-order valence-electron chi connectivity index (χ0n) is 9.50. The molecule has 0 aliphatic carbocycles. The summed E-state index contributed by atoms with van der Waals surface area (Å²) in [5, 5.41) is 18.2. The Hall–Kier alpha value is -2.83. The number of hydrogen-bond acceptors (Lipinski definition) is 4. The molecule has 0 aliphatic heterocycles. The molecule has 0 fully saturated rings. The van der Waals surface area contributed by atoms with Gasteiger partial charge in [0.15, 0.2) is 0 Å². The molecule has 2 aromatic heterocycles. The summed E-state index contributed by atoms with van der Waals surface area (Å²) >= 11 is 0. The highest BCUT2D eigenvalue weighted by Crippen LogP contribution is 2.28. The van der Waals surface area contributed by atoms with E-state index in [1.807, 2.05) is 0 Å². The number of nitrogens with one attached hydrogen (secondary N) is 1. The Morgan fingerprint density at radius 2 is 2.11 bits per heavy atom. The van der Waals surface area contributed by atoms with Gasteiger partial charge in [-0.3, -0.25) is 15.2 Å². The van der Waals surface area contributed by atoms with Crippen molar-refractivity contribution in [2.24, 2.45) is 0 Å². The molecule has 3 rings (SSSR count). The lowest BCUT2D eigenvalue weighted by atomic mass is 10.1. The van der Waals surface area contributed by atoms with Crippen LogP contribution >= 0.6 is 0 Å². The smallest absolute Gasteiger partial charge is 0.270 e. The molecule has 6 nitrogen and oxygen atoms in total. The first-order chi connectivity index (χ1) is 9.15. The molecule has 0 amide bonds. The van der Waals surface area contributed by atoms with Crippen LogP contribution in [0.3, 0.4) is 0 Å². The molecule has 0 atom stereocenters. The molecule has 0 saturated heterocycles. The second-order valence-corrected chi connectivity index (χ2v) is 3.93. The Balaban J connectivity index is 2.24. The number of aromatic amines is 1. The first-order valence-corrected chi connectivity index (χ1v) is 5.39. The molecule has 0 radical (unpaired) electrons. The van der Waals surface area contributed by atoms with E-state index in [9.17, 15) is 14.5 Å². The lowest BCUT2D eigenvalue weighted by molar-refractivity contribution is -0.384. The molecule has 0 unspecified atom stereocenters. The average molecular weight is 258 g/mol. The minimum Gasteiger partial charge on any atom is -0.277 e. The largest absolute Gasteiger partial charge is 0.277 e. The fourth-order valence-electron chi connectivity index (χ4n) is 1.89. The molecule has 1 N–H and O–H groups in total. The zero-order chi connectivity index (χ0) is 13.4. The topological polar surface area (TPSA) is 84.7 Å². The predicted octanol–water partition coefficient (Wildman–Crippen LogP) is 2.67. The molecule has 7 heteroatoms. The highest BCUT2D eigenvalue weighted by Gasteiger charge is 2.13. The third-order valence-corrected chi connectivity index (χ3v) is 2.76. The molecular weight excluding hydrogens is 251 g/mol. The van der Waals surface area contributed by atoms with E-state index in [-0.39, 0.29) is 5.69 Å². The van der Waals surface area contributed by atoms with Crippen LogP contribution in [0.25, 0.3) is 22.2 Å². The molecular formula is C12H7FN4O2. The van der Waals surface area contributed by atoms with Gasteiger partial charge in [-0.05, 0) is 12.1 Å². The lowest BCUT2D eigenvalue weighted by Gasteiger charge is -1.97. The second-order valence-electron chi connectivity index (χ2n) is 3.93. The number of halogens is 1. The number of H-pyrrole nitrogens is 1. The maximum Gasteiger partial charge on any atom is 0.270 e. The van der Waals surface area contributed by atoms with Crippen LogP contribution in [0.1, 0.15) is 0 Å². The van der Waals surface area contributed by atoms with Gasteiger partial charge in [0.2, 0.25) is 5.95 Å². The third-order valence-electron chi connectivity index (χ3n) is 2.76. The highest BCUT2D eigenvalue weighted by molar-refractivity contribution is 5.94. The maximum absolute atomic E-state index is 13.1. The SMILES string of the molecule is O=[N+]([O-])c1ccc2[nH]nc(-c3ccnc(F)c3)c2c1. The van der Waals surface area contributed by atoms with E-state index in [2.05, 4.69) is 15.2 Å². The van der Waals surface area contributed by atoms with Crippen molar-refractivity contribution in [1.29, 1.82) is 0 Å². The minimum atomic E-state index is -0.626. The monoisotopic (exact) mass is 258 g/mol. The van der Waals surface area contributed by atoms with Gasteiger partial charge in [-0.1, -0.05) is 0 Å². The standard InChI is InChI=1S/C12H7FN4O2/c13-11-5-7(3-4-14-11)12-9-6-8(17(18)19)1-2-10(9)15-16-12/h1-6H,(H,15,16). The van der Waals surface area contributed by atoms with Crippen molar-refractivity contribution in [3.8, 4) is 11.3 Å². The molecule has 0 spiro atoms. The van der Waals surface area contributed by atoms with Gasteiger partial charge >= 0.3 is 0 Å². The van der Waals surface area contributed by atoms with Crippen LogP contribution in [0, 0.1) is 16.1 Å². The summed E-state index contributed by atoms with van der Waals surface area (Å²) in [6.45, 7) is 0. The number of benzene rings is 1. The Morgan fingerprint density at radius 3 is 2.84 bits per heavy atom. The summed E-state index contributed by atoms with van der Waals surface area (Å²) < 4.78 is 13.1. The van der Waals surface area contributed by atoms with Crippen molar-refractivity contribution >= 4 is 16.6 Å². The average Bonchev–Trinajstić information content (AvgIpc) is 2.81. The first kappa shape index (κ1) is 11.3. The van der Waals surface area contributed by atoms with Gasteiger partial charge in [0.25, 0.3) is 5.69 Å². The van der Waals surface area contributed by atoms with Crippen molar-refractivity contribution in [3.05, 3.63) is 52.6 Å². The molecule has 94 valence electrons. The lowest BCUT2D eigenvalue weighted by Crippen LogP contribution is -1.87. The van der Waals surface area contributed by atoms with Crippen molar-refractivity contribution in [1.82, 2.24) is 15.2 Å². The number of fused-ring (bicyclic) bond motifs is 1. The van der Waals surface area contributed by atoms with Gasteiger partial charge in [-0.25, -0.2) is 4.98 Å². The summed E-state index contributed by atoms with van der Waals surface area (Å²) in [5.41, 5.74) is 1.58. The number of nitro benzene ring substituents is 1. The quantitative estimate of drug-likeness (QED) is 0.435. The number of pyridine rings is 1. The summed E-state index contributed by atoms with van der Waals surface area (Å²) in [5.74, 6) is -0.626. The van der Waals surface area contributed by atoms with Crippen LogP contribution in [-0.4, -0.2) is 20.1 Å². The van der Waals surface area contributed by atoms with Crippen LogP contribution in [0.5, 0.6) is 0 Å². The van der Waals surface area contributed by atoms with E-state index >= 15 is 0 Å². The summed E-state index contributed by atoms with van der Waals surface area (Å²) in [7, 11) is 0. The van der Waals surface area contributed by atoms with Crippen molar-refractivity contribution in [3.63, 3.8) is 0 Å². The Bertz CT molecular complexity index is 784. The Morgan fingerprint density at radius 1 is 1.26 bits per heavy atom. The van der Waals surface area contributed by atoms with E-state index in [1.165, 1.54) is 24.4 Å². The number of hydrogen-bond donors (Lipinski definition) is 1. The van der Waals surface area contributed by atoms with Crippen molar-refractivity contribution < 1.29 is 9.31 Å². The first-order valence-electron chi connectivity index (χ1n) is 5.39. The molecule has 2 heterocycles. The summed E-state index contributed by atoms with van der Waals surface area (Å²) in [6, 6.07) is 7.19. The predicted molar refractivity (Wildman–Crippen MR) is 65.9 cm³/mol. The summed E-state index contributed by atoms with van der Waals surface area (Å²) in [6.07, 6.45) is 1.32. The van der Waals surface area contributed by atoms with Gasteiger partial charge in [0.1, 0.15) is 5.69 Å². The number of nitrogens with zero attached hydrogens (tertiary/aromatic N) is 3. The van der Waals surface area contributed by atoms with E-state index < -0.39 is 10.9 Å². The Kier molecular flexibility index (Phi) is 2.45. The van der Waals surface area contributed by atoms with Crippen molar-refractivity contribution in [2.75, 3.05) is 0 Å². The van der Waals surface area contributed by atoms with Gasteiger partial charge in [0, 0.05) is 35.3 Å². The highest BCUT2D eigenvalue weighted by atomic mass is 19.1. The van der Waals surface area contributed by atoms with E-state index in [0.29, 0.717) is 22.2 Å². The van der Waals surface area contributed by atoms with E-state index in [0.717, 1.165) is 0 Å². The maximum atomic E-state index is 13.1. The number of non-ortho nitro benzene ring substituents is 1. The van der Waals surface area contributed by atoms with Crippen LogP contribution in [0.15, 0.2) is 36.5 Å². The van der Waals surface area contributed by atoms with E-state index in [4.69, 9.17) is 0 Å². The molecule has 0 saturated carbocycles. The minimum absolute atomic E-state index is 0.0373. The normalized spacial score (nSPS) is 10.8. The fraction of sp³-hybridized carbons (Fsp3) is 0. The molecule has 0 bridgehead atoms. The molecule has 1 aromatic carbocycles. The second kappa shape index (κ2) is 4.13. The Labute approximate surface area is 106 Å². The van der Waals surface area contributed by atoms with Crippen LogP contribution < -0.4 is 0 Å². The van der Waals surface area contributed by atoms with Crippen LogP contribution in [0.2, 0.25) is 0 Å². The molecule has 19 heavy (non-hydrogen) atoms. The third kappa shape index (κ3) is 1.90. The van der Waals surface area contributed by atoms with Crippen LogP contribution in [0.4, 0.5) is 10.1 Å². The number of aromatic nitrogens is 3. The fourth-order valence-corrected chi connectivity index (χ4v) is 1.89. The molecule has 3 aromatic rings. The van der Waals surface area contributed by atoms with Crippen molar-refractivity contribution in [2.45, 2.75) is 0 Å². The van der Waals surface area contributed by atoms with Gasteiger partial charge in [0.05, 0.1) is 10.4 Å². The van der Waals surface area contributed by atoms with Crippen LogP contribution in [-0.2, 0) is 0 Å². The number of nitro groups is 1. The van der Waals surface area contributed by atoms with E-state index in [1.54, 1.807) is 12.1 Å². The van der Waals surface area contributed by atoms with Gasteiger partial charge in [-0.2, -0.15) is 9.49 Å². The zero-order valence-corrected chi connectivity index (χ0v) is 9.50. The summed E-state index contributed by atoms with van der Waals surface area (Å²) in [4.78, 5) is 13.8. The van der Waals surface area contributed by atoms with Gasteiger partial charge in [-0.15, -0.1) is 0 Å².